The Hall–Kier alpha value is -1.42. The zero-order chi connectivity index (χ0) is 11.5. The molecule has 0 amide bonds. The van der Waals surface area contributed by atoms with Crippen LogP contribution >= 0.6 is 0 Å². The molecular weight excluding hydrogens is 202 g/mol. The number of nitrogen functional groups attached to an aromatic ring is 1. The van der Waals surface area contributed by atoms with Crippen LogP contribution in [0.25, 0.3) is 5.57 Å². The first-order valence-electron chi connectivity index (χ1n) is 5.62. The van der Waals surface area contributed by atoms with Crippen molar-refractivity contribution in [1.82, 2.24) is 9.97 Å². The number of nitrogens with zero attached hydrogens (tertiary/aromatic N) is 2. The van der Waals surface area contributed by atoms with E-state index in [9.17, 15) is 0 Å². The number of aliphatic hydroxyl groups excluding tert-OH is 1. The summed E-state index contributed by atoms with van der Waals surface area (Å²) >= 11 is 0. The van der Waals surface area contributed by atoms with Crippen LogP contribution in [-0.2, 0) is 6.42 Å². The number of aromatic nitrogens is 2. The van der Waals surface area contributed by atoms with E-state index in [2.05, 4.69) is 16.0 Å². The van der Waals surface area contributed by atoms with Crippen molar-refractivity contribution in [3.05, 3.63) is 23.7 Å². The van der Waals surface area contributed by atoms with Gasteiger partial charge in [0.25, 0.3) is 0 Å². The Morgan fingerprint density at radius 2 is 2.31 bits per heavy atom. The first-order chi connectivity index (χ1) is 7.72. The lowest BCUT2D eigenvalue weighted by Gasteiger charge is -2.09. The average molecular weight is 219 g/mol. The second kappa shape index (κ2) is 4.61. The van der Waals surface area contributed by atoms with Gasteiger partial charge in [0, 0.05) is 12.2 Å². The molecule has 1 atom stereocenters. The van der Waals surface area contributed by atoms with Crippen LogP contribution in [-0.4, -0.2) is 21.7 Å². The average Bonchev–Trinajstić information content (AvgIpc) is 2.70. The van der Waals surface area contributed by atoms with E-state index in [1.165, 1.54) is 11.9 Å². The largest absolute Gasteiger partial charge is 0.396 e. The van der Waals surface area contributed by atoms with Gasteiger partial charge < -0.3 is 10.8 Å². The molecule has 0 bridgehead atoms. The fourth-order valence-electron chi connectivity index (χ4n) is 1.94. The third-order valence-electron chi connectivity index (χ3n) is 3.05. The number of fused-ring (bicyclic) bond motifs is 1. The number of hydrogen-bond acceptors (Lipinski definition) is 4. The molecule has 0 spiro atoms. The first kappa shape index (κ1) is 11.1. The van der Waals surface area contributed by atoms with Crippen LogP contribution in [0.3, 0.4) is 0 Å². The van der Waals surface area contributed by atoms with Crippen LogP contribution in [0.5, 0.6) is 0 Å². The fourth-order valence-corrected chi connectivity index (χ4v) is 1.94. The van der Waals surface area contributed by atoms with Crippen molar-refractivity contribution in [2.45, 2.75) is 26.2 Å². The molecule has 0 unspecified atom stereocenters. The number of rotatable bonds is 4. The van der Waals surface area contributed by atoms with Crippen molar-refractivity contribution in [2.24, 2.45) is 5.92 Å². The molecule has 2 rings (SSSR count). The minimum atomic E-state index is 0.242. The van der Waals surface area contributed by atoms with Gasteiger partial charge in [-0.15, -0.1) is 0 Å². The van der Waals surface area contributed by atoms with Crippen molar-refractivity contribution in [2.75, 3.05) is 12.3 Å². The first-order valence-corrected chi connectivity index (χ1v) is 5.62. The lowest BCUT2D eigenvalue weighted by atomic mass is 10.0. The van der Waals surface area contributed by atoms with E-state index in [1.54, 1.807) is 0 Å². The number of aliphatic hydroxyl groups is 1. The van der Waals surface area contributed by atoms with Crippen molar-refractivity contribution in [1.29, 1.82) is 0 Å². The highest BCUT2D eigenvalue weighted by Crippen LogP contribution is 2.31. The molecule has 0 fully saturated rings. The van der Waals surface area contributed by atoms with Crippen LogP contribution in [0.15, 0.2) is 12.4 Å². The van der Waals surface area contributed by atoms with Crippen molar-refractivity contribution in [3.63, 3.8) is 0 Å². The maximum Gasteiger partial charge on any atom is 0.130 e. The minimum Gasteiger partial charge on any atom is -0.396 e. The van der Waals surface area contributed by atoms with Gasteiger partial charge in [0.05, 0.1) is 5.69 Å². The summed E-state index contributed by atoms with van der Waals surface area (Å²) in [5.74, 6) is 0.926. The second-order valence-corrected chi connectivity index (χ2v) is 4.35. The van der Waals surface area contributed by atoms with Gasteiger partial charge in [0.1, 0.15) is 12.1 Å². The van der Waals surface area contributed by atoms with Gasteiger partial charge in [0.2, 0.25) is 0 Å². The Morgan fingerprint density at radius 1 is 1.50 bits per heavy atom. The third-order valence-corrected chi connectivity index (χ3v) is 3.05. The quantitative estimate of drug-likeness (QED) is 0.803. The molecule has 16 heavy (non-hydrogen) atoms. The third kappa shape index (κ3) is 2.07. The zero-order valence-corrected chi connectivity index (χ0v) is 9.48. The Balaban J connectivity index is 2.08. The molecule has 0 saturated heterocycles. The lowest BCUT2D eigenvalue weighted by Crippen LogP contribution is -2.02. The summed E-state index contributed by atoms with van der Waals surface area (Å²) in [6, 6.07) is 0. The van der Waals surface area contributed by atoms with E-state index in [-0.39, 0.29) is 6.61 Å². The molecule has 0 radical (unpaired) electrons. The Morgan fingerprint density at radius 3 is 3.06 bits per heavy atom. The molecule has 0 aromatic carbocycles. The summed E-state index contributed by atoms with van der Waals surface area (Å²) in [5, 5.41) is 8.98. The Bertz CT molecular complexity index is 415. The molecule has 1 aromatic rings. The van der Waals surface area contributed by atoms with Gasteiger partial charge in [-0.2, -0.15) is 0 Å². The summed E-state index contributed by atoms with van der Waals surface area (Å²) in [4.78, 5) is 8.27. The Kier molecular flexibility index (Phi) is 3.19. The van der Waals surface area contributed by atoms with E-state index in [1.807, 2.05) is 6.92 Å². The molecule has 1 heterocycles. The second-order valence-electron chi connectivity index (χ2n) is 4.35. The van der Waals surface area contributed by atoms with Crippen LogP contribution in [0.4, 0.5) is 5.82 Å². The summed E-state index contributed by atoms with van der Waals surface area (Å²) in [6.07, 6.45) is 6.45. The normalized spacial score (nSPS) is 15.8. The summed E-state index contributed by atoms with van der Waals surface area (Å²) in [5.41, 5.74) is 9.08. The molecule has 1 aliphatic carbocycles. The molecule has 0 saturated carbocycles. The van der Waals surface area contributed by atoms with Crippen LogP contribution in [0.1, 0.15) is 31.0 Å². The van der Waals surface area contributed by atoms with Gasteiger partial charge in [-0.1, -0.05) is 13.0 Å². The summed E-state index contributed by atoms with van der Waals surface area (Å²) < 4.78 is 0. The predicted octanol–water partition coefficient (Wildman–Crippen LogP) is 1.41. The predicted molar refractivity (Wildman–Crippen MR) is 63.6 cm³/mol. The summed E-state index contributed by atoms with van der Waals surface area (Å²) in [6.45, 7) is 2.29. The highest BCUT2D eigenvalue weighted by Gasteiger charge is 2.18. The fraction of sp³-hybridized carbons (Fsp3) is 0.500. The van der Waals surface area contributed by atoms with Gasteiger partial charge >= 0.3 is 0 Å². The molecule has 1 aromatic heterocycles. The number of nitrogens with two attached hydrogens (primary N) is 1. The molecule has 4 heteroatoms. The zero-order valence-electron chi connectivity index (χ0n) is 9.48. The van der Waals surface area contributed by atoms with Crippen molar-refractivity contribution in [3.8, 4) is 0 Å². The molecule has 4 nitrogen and oxygen atoms in total. The monoisotopic (exact) mass is 219 g/mol. The molecule has 3 N–H and O–H groups in total. The van der Waals surface area contributed by atoms with E-state index in [0.717, 1.165) is 30.5 Å². The number of allylic oxidation sites excluding steroid dienone is 2. The molecule has 0 aliphatic heterocycles. The maximum absolute atomic E-state index is 8.98. The Labute approximate surface area is 95.2 Å². The van der Waals surface area contributed by atoms with Crippen LogP contribution in [0, 0.1) is 5.92 Å². The number of hydrogen-bond donors (Lipinski definition) is 2. The molecule has 1 aliphatic rings. The maximum atomic E-state index is 8.98. The minimum absolute atomic E-state index is 0.242. The van der Waals surface area contributed by atoms with E-state index in [4.69, 9.17) is 10.8 Å². The van der Waals surface area contributed by atoms with Crippen molar-refractivity contribution < 1.29 is 5.11 Å². The highest BCUT2D eigenvalue weighted by molar-refractivity contribution is 5.73. The van der Waals surface area contributed by atoms with Crippen molar-refractivity contribution >= 4 is 11.4 Å². The summed E-state index contributed by atoms with van der Waals surface area (Å²) in [7, 11) is 0. The van der Waals surface area contributed by atoms with Gasteiger partial charge in [-0.25, -0.2) is 9.97 Å². The highest BCUT2D eigenvalue weighted by atomic mass is 16.3. The SMILES string of the molecule is C[C@@H](CO)CCC1=CCc2c(N)ncnc21. The van der Waals surface area contributed by atoms with E-state index >= 15 is 0 Å². The van der Waals surface area contributed by atoms with Gasteiger partial charge in [-0.3, -0.25) is 0 Å². The van der Waals surface area contributed by atoms with Crippen LogP contribution in [0.2, 0.25) is 0 Å². The lowest BCUT2D eigenvalue weighted by molar-refractivity contribution is 0.231. The smallest absolute Gasteiger partial charge is 0.130 e. The standard InChI is InChI=1S/C12H17N3O/c1-8(6-16)2-3-9-4-5-10-11(9)14-7-15-12(10)13/h4,7-8,16H,2-3,5-6H2,1H3,(H2,13,14,15)/t8-/m1/s1. The topological polar surface area (TPSA) is 72.0 Å². The van der Waals surface area contributed by atoms with Crippen LogP contribution < -0.4 is 5.73 Å². The molecule has 86 valence electrons. The van der Waals surface area contributed by atoms with Gasteiger partial charge in [0.15, 0.2) is 0 Å². The van der Waals surface area contributed by atoms with E-state index in [0.29, 0.717) is 11.7 Å². The molecular formula is C12H17N3O. The van der Waals surface area contributed by atoms with E-state index < -0.39 is 0 Å². The number of anilines is 1. The van der Waals surface area contributed by atoms with Gasteiger partial charge in [-0.05, 0) is 30.8 Å².